The summed E-state index contributed by atoms with van der Waals surface area (Å²) in [6, 6.07) is 0. The van der Waals surface area contributed by atoms with Crippen LogP contribution in [-0.4, -0.2) is 15.7 Å². The van der Waals surface area contributed by atoms with Crippen LogP contribution in [0.4, 0.5) is 0 Å². The lowest BCUT2D eigenvalue weighted by atomic mass is 10.2. The van der Waals surface area contributed by atoms with Gasteiger partial charge in [0.05, 0.1) is 0 Å². The molecular formula is C8H14OS2. The first-order chi connectivity index (χ1) is 4.95. The second-order valence-electron chi connectivity index (χ2n) is 3.06. The molecule has 1 nitrogen and oxygen atoms in total. The number of hydrogen-bond donors (Lipinski definition) is 0. The summed E-state index contributed by atoms with van der Waals surface area (Å²) in [7, 11) is 0. The predicted molar refractivity (Wildman–Crippen MR) is 56.1 cm³/mol. The van der Waals surface area contributed by atoms with E-state index in [9.17, 15) is 0 Å². The fourth-order valence-electron chi connectivity index (χ4n) is 0.406. The largest absolute Gasteiger partial charge is 0.473 e. The van der Waals surface area contributed by atoms with E-state index in [1.807, 2.05) is 26.8 Å². The summed E-state index contributed by atoms with van der Waals surface area (Å²) in [4.78, 5) is 0. The molecule has 0 radical (unpaired) electrons. The molecule has 0 aliphatic heterocycles. The van der Waals surface area contributed by atoms with Crippen LogP contribution in [0.3, 0.4) is 0 Å². The van der Waals surface area contributed by atoms with E-state index >= 15 is 0 Å². The maximum Gasteiger partial charge on any atom is 0.220 e. The maximum atomic E-state index is 5.39. The minimum Gasteiger partial charge on any atom is -0.473 e. The minimum absolute atomic E-state index is 0.175. The van der Waals surface area contributed by atoms with Crippen LogP contribution in [0, 0.1) is 0 Å². The van der Waals surface area contributed by atoms with Gasteiger partial charge in [0.25, 0.3) is 0 Å². The molecule has 3 heteroatoms. The van der Waals surface area contributed by atoms with Crippen molar-refractivity contribution < 1.29 is 4.74 Å². The Balaban J connectivity index is 3.61. The number of hydrogen-bond acceptors (Lipinski definition) is 3. The molecule has 0 heterocycles. The van der Waals surface area contributed by atoms with Crippen LogP contribution in [0.25, 0.3) is 0 Å². The van der Waals surface area contributed by atoms with Crippen molar-refractivity contribution in [1.82, 2.24) is 0 Å². The molecule has 0 saturated heterocycles. The van der Waals surface area contributed by atoms with Crippen molar-refractivity contribution in [2.45, 2.75) is 26.4 Å². The molecule has 0 fully saturated rings. The quantitative estimate of drug-likeness (QED) is 0.489. The molecule has 0 bridgehead atoms. The van der Waals surface area contributed by atoms with Crippen LogP contribution in [0.1, 0.15) is 20.8 Å². The first-order valence-electron chi connectivity index (χ1n) is 3.42. The second-order valence-corrected chi connectivity index (χ2v) is 4.69. The lowest BCUT2D eigenvalue weighted by molar-refractivity contribution is 0.127. The van der Waals surface area contributed by atoms with Crippen molar-refractivity contribution in [1.29, 1.82) is 0 Å². The fourth-order valence-corrected chi connectivity index (χ4v) is 1.42. The van der Waals surface area contributed by atoms with Crippen LogP contribution >= 0.6 is 24.0 Å². The molecule has 0 amide bonds. The van der Waals surface area contributed by atoms with Crippen LogP contribution < -0.4 is 0 Å². The average molecular weight is 190 g/mol. The van der Waals surface area contributed by atoms with Gasteiger partial charge in [0, 0.05) is 5.75 Å². The van der Waals surface area contributed by atoms with Gasteiger partial charge in [0.2, 0.25) is 4.38 Å². The van der Waals surface area contributed by atoms with Crippen LogP contribution in [0.15, 0.2) is 12.7 Å². The Labute approximate surface area is 78.2 Å². The van der Waals surface area contributed by atoms with E-state index in [-0.39, 0.29) is 5.60 Å². The molecule has 0 aromatic carbocycles. The molecule has 0 atom stereocenters. The van der Waals surface area contributed by atoms with E-state index in [1.54, 1.807) is 0 Å². The van der Waals surface area contributed by atoms with E-state index < -0.39 is 0 Å². The average Bonchev–Trinajstić information content (AvgIpc) is 1.79. The molecule has 0 saturated carbocycles. The summed E-state index contributed by atoms with van der Waals surface area (Å²) in [6.07, 6.45) is 1.81. The molecule has 0 aromatic heterocycles. The highest BCUT2D eigenvalue weighted by Gasteiger charge is 2.12. The SMILES string of the molecule is C=CCSC(=S)OC(C)(C)C. The molecule has 64 valence electrons. The van der Waals surface area contributed by atoms with E-state index in [2.05, 4.69) is 6.58 Å². The lowest BCUT2D eigenvalue weighted by Gasteiger charge is -2.20. The van der Waals surface area contributed by atoms with E-state index in [4.69, 9.17) is 17.0 Å². The lowest BCUT2D eigenvalue weighted by Crippen LogP contribution is -2.21. The van der Waals surface area contributed by atoms with Crippen molar-refractivity contribution in [3.05, 3.63) is 12.7 Å². The first kappa shape index (κ1) is 11.0. The number of ether oxygens (including phenoxy) is 1. The first-order valence-corrected chi connectivity index (χ1v) is 4.82. The summed E-state index contributed by atoms with van der Waals surface area (Å²) >= 11 is 6.46. The zero-order valence-electron chi connectivity index (χ0n) is 7.22. The molecular weight excluding hydrogens is 176 g/mol. The van der Waals surface area contributed by atoms with E-state index in [0.717, 1.165) is 5.75 Å². The topological polar surface area (TPSA) is 9.23 Å². The van der Waals surface area contributed by atoms with Crippen molar-refractivity contribution in [2.75, 3.05) is 5.75 Å². The molecule has 0 N–H and O–H groups in total. The van der Waals surface area contributed by atoms with Crippen LogP contribution in [0.2, 0.25) is 0 Å². The zero-order valence-corrected chi connectivity index (χ0v) is 8.85. The van der Waals surface area contributed by atoms with Crippen molar-refractivity contribution in [3.63, 3.8) is 0 Å². The molecule has 0 spiro atoms. The Hall–Kier alpha value is -0.0200. The van der Waals surface area contributed by atoms with Crippen molar-refractivity contribution in [3.8, 4) is 0 Å². The Bertz CT molecular complexity index is 147. The summed E-state index contributed by atoms with van der Waals surface area (Å²) < 4.78 is 5.98. The van der Waals surface area contributed by atoms with Gasteiger partial charge in [0.1, 0.15) is 5.60 Å². The second kappa shape index (κ2) is 4.78. The number of thioether (sulfide) groups is 1. The third-order valence-corrected chi connectivity index (χ3v) is 1.87. The number of thiocarbonyl (C=S) groups is 1. The smallest absolute Gasteiger partial charge is 0.220 e. The van der Waals surface area contributed by atoms with Gasteiger partial charge in [-0.25, -0.2) is 0 Å². The summed E-state index contributed by atoms with van der Waals surface area (Å²) in [5.41, 5.74) is -0.175. The highest BCUT2D eigenvalue weighted by molar-refractivity contribution is 8.22. The van der Waals surface area contributed by atoms with Crippen molar-refractivity contribution >= 4 is 28.4 Å². The van der Waals surface area contributed by atoms with Gasteiger partial charge in [0.15, 0.2) is 0 Å². The van der Waals surface area contributed by atoms with Gasteiger partial charge in [-0.15, -0.1) is 6.58 Å². The Morgan fingerprint density at radius 2 is 2.18 bits per heavy atom. The zero-order chi connectivity index (χ0) is 8.91. The molecule has 0 aromatic rings. The van der Waals surface area contributed by atoms with Gasteiger partial charge in [-0.05, 0) is 33.0 Å². The Morgan fingerprint density at radius 3 is 2.55 bits per heavy atom. The standard InChI is InChI=1S/C8H14OS2/c1-5-6-11-7(10)9-8(2,3)4/h5H,1,6H2,2-4H3. The van der Waals surface area contributed by atoms with Gasteiger partial charge in [-0.1, -0.05) is 17.8 Å². The maximum absolute atomic E-state index is 5.39. The van der Waals surface area contributed by atoms with Gasteiger partial charge in [-0.3, -0.25) is 0 Å². The molecule has 0 unspecified atom stereocenters. The fraction of sp³-hybridized carbons (Fsp3) is 0.625. The third kappa shape index (κ3) is 7.88. The van der Waals surface area contributed by atoms with Gasteiger partial charge in [-0.2, -0.15) is 0 Å². The molecule has 0 aliphatic rings. The third-order valence-electron chi connectivity index (χ3n) is 0.709. The Kier molecular flexibility index (Phi) is 4.77. The van der Waals surface area contributed by atoms with Crippen LogP contribution in [-0.2, 0) is 4.74 Å². The van der Waals surface area contributed by atoms with Gasteiger partial charge >= 0.3 is 0 Å². The van der Waals surface area contributed by atoms with E-state index in [1.165, 1.54) is 11.8 Å². The summed E-state index contributed by atoms with van der Waals surface area (Å²) in [6.45, 7) is 9.53. The Morgan fingerprint density at radius 1 is 1.64 bits per heavy atom. The minimum atomic E-state index is -0.175. The summed E-state index contributed by atoms with van der Waals surface area (Å²) in [5.74, 6) is 0.814. The number of rotatable bonds is 2. The van der Waals surface area contributed by atoms with Crippen molar-refractivity contribution in [2.24, 2.45) is 0 Å². The molecule has 11 heavy (non-hydrogen) atoms. The summed E-state index contributed by atoms with van der Waals surface area (Å²) in [5, 5.41) is 0. The van der Waals surface area contributed by atoms with Gasteiger partial charge < -0.3 is 4.74 Å². The highest BCUT2D eigenvalue weighted by Crippen LogP contribution is 2.14. The molecule has 0 aliphatic carbocycles. The highest BCUT2D eigenvalue weighted by atomic mass is 32.2. The van der Waals surface area contributed by atoms with E-state index in [0.29, 0.717) is 4.38 Å². The predicted octanol–water partition coefficient (Wildman–Crippen LogP) is 3.01. The van der Waals surface area contributed by atoms with Crippen LogP contribution in [0.5, 0.6) is 0 Å². The molecule has 0 rings (SSSR count). The normalized spacial score (nSPS) is 10.8. The monoisotopic (exact) mass is 190 g/mol.